The lowest BCUT2D eigenvalue weighted by Gasteiger charge is -2.28. The molecular weight excluding hydrogens is 418 g/mol. The number of nitrogens with zero attached hydrogens (tertiary/aromatic N) is 1. The van der Waals surface area contributed by atoms with E-state index in [9.17, 15) is 12.8 Å². The lowest BCUT2D eigenvalue weighted by molar-refractivity contribution is 0.335. The number of halogens is 4. The van der Waals surface area contributed by atoms with Gasteiger partial charge in [-0.15, -0.1) is 12.4 Å². The Morgan fingerprint density at radius 1 is 1.50 bits per heavy atom. The minimum atomic E-state index is -3.78. The monoisotopic (exact) mass is 434 g/mol. The maximum Gasteiger partial charge on any atom is 0.245 e. The molecule has 0 aromatic heterocycles. The predicted octanol–water partition coefficient (Wildman–Crippen LogP) is 3.43. The Labute approximate surface area is 150 Å². The molecule has 9 heteroatoms. The predicted molar refractivity (Wildman–Crippen MR) is 91.8 cm³/mol. The van der Waals surface area contributed by atoms with E-state index >= 15 is 0 Å². The van der Waals surface area contributed by atoms with Crippen molar-refractivity contribution >= 4 is 50.0 Å². The second-order valence-corrected chi connectivity index (χ2v) is 8.05. The number of hydrogen-bond donors (Lipinski definition) is 1. The normalized spacial score (nSPS) is 18.5. The summed E-state index contributed by atoms with van der Waals surface area (Å²) in [4.78, 5) is -0.0640. The van der Waals surface area contributed by atoms with Gasteiger partial charge in [-0.05, 0) is 47.4 Å². The third kappa shape index (κ3) is 4.13. The molecule has 1 saturated heterocycles. The molecule has 4 nitrogen and oxygen atoms in total. The van der Waals surface area contributed by atoms with Gasteiger partial charge in [0.1, 0.15) is 10.7 Å². The summed E-state index contributed by atoms with van der Waals surface area (Å²) in [6, 6.07) is 2.05. The molecular formula is C13H18BrCl2FN2O2S. The highest BCUT2D eigenvalue weighted by molar-refractivity contribution is 9.10. The van der Waals surface area contributed by atoms with E-state index in [-0.39, 0.29) is 32.8 Å². The van der Waals surface area contributed by atoms with Crippen LogP contribution < -0.4 is 5.32 Å². The largest absolute Gasteiger partial charge is 0.315 e. The van der Waals surface area contributed by atoms with Crippen LogP contribution in [0.4, 0.5) is 4.39 Å². The Morgan fingerprint density at radius 2 is 2.18 bits per heavy atom. The van der Waals surface area contributed by atoms with E-state index in [1.807, 2.05) is 6.92 Å². The van der Waals surface area contributed by atoms with Crippen LogP contribution in [0, 0.1) is 5.82 Å². The summed E-state index contributed by atoms with van der Waals surface area (Å²) in [5.41, 5.74) is 0. The lowest BCUT2D eigenvalue weighted by Crippen LogP contribution is -2.42. The van der Waals surface area contributed by atoms with Crippen LogP contribution in [0.1, 0.15) is 19.8 Å². The molecule has 0 radical (unpaired) electrons. The van der Waals surface area contributed by atoms with Gasteiger partial charge in [0.25, 0.3) is 0 Å². The molecule has 1 unspecified atom stereocenters. The van der Waals surface area contributed by atoms with Gasteiger partial charge in [-0.25, -0.2) is 12.8 Å². The van der Waals surface area contributed by atoms with Crippen LogP contribution in [0.2, 0.25) is 5.02 Å². The Hall–Kier alpha value is 0.0800. The first-order valence-electron chi connectivity index (χ1n) is 6.75. The Bertz CT molecular complexity index is 601. The molecule has 22 heavy (non-hydrogen) atoms. The summed E-state index contributed by atoms with van der Waals surface area (Å²) in [6.07, 6.45) is 1.46. The average molecular weight is 436 g/mol. The van der Waals surface area contributed by atoms with E-state index in [0.29, 0.717) is 19.5 Å². The summed E-state index contributed by atoms with van der Waals surface area (Å²) in [5, 5.41) is 3.06. The fraction of sp³-hybridized carbons (Fsp3) is 0.538. The van der Waals surface area contributed by atoms with Crippen molar-refractivity contribution in [2.75, 3.05) is 19.6 Å². The van der Waals surface area contributed by atoms with Crippen LogP contribution in [0.3, 0.4) is 0 Å². The quantitative estimate of drug-likeness (QED) is 0.770. The number of rotatable bonds is 5. The van der Waals surface area contributed by atoms with Crippen molar-refractivity contribution in [1.29, 1.82) is 0 Å². The van der Waals surface area contributed by atoms with Gasteiger partial charge in [-0.2, -0.15) is 4.31 Å². The van der Waals surface area contributed by atoms with Gasteiger partial charge in [-0.1, -0.05) is 18.5 Å². The summed E-state index contributed by atoms with van der Waals surface area (Å²) in [5.74, 6) is -0.574. The SMILES string of the molecule is CCCN(C1CCNC1)S(=O)(=O)c1c(Cl)cc(F)cc1Br.Cl. The molecule has 0 saturated carbocycles. The van der Waals surface area contributed by atoms with Crippen molar-refractivity contribution in [1.82, 2.24) is 9.62 Å². The van der Waals surface area contributed by atoms with E-state index in [0.717, 1.165) is 25.1 Å². The summed E-state index contributed by atoms with van der Waals surface area (Å²) < 4.78 is 40.8. The topological polar surface area (TPSA) is 49.4 Å². The lowest BCUT2D eigenvalue weighted by atomic mass is 10.2. The van der Waals surface area contributed by atoms with E-state index in [4.69, 9.17) is 11.6 Å². The van der Waals surface area contributed by atoms with Crippen LogP contribution >= 0.6 is 39.9 Å². The second-order valence-electron chi connectivity index (χ2n) is 4.96. The molecule has 1 aromatic carbocycles. The van der Waals surface area contributed by atoms with Crippen LogP contribution in [-0.4, -0.2) is 38.4 Å². The minimum absolute atomic E-state index is 0. The van der Waals surface area contributed by atoms with Gasteiger partial charge in [0, 0.05) is 23.6 Å². The molecule has 0 aliphatic carbocycles. The van der Waals surface area contributed by atoms with Gasteiger partial charge in [-0.3, -0.25) is 0 Å². The van der Waals surface area contributed by atoms with Crippen molar-refractivity contribution in [3.63, 3.8) is 0 Å². The smallest absolute Gasteiger partial charge is 0.245 e. The number of nitrogens with one attached hydrogen (secondary N) is 1. The zero-order chi connectivity index (χ0) is 15.6. The first-order chi connectivity index (χ1) is 9.87. The molecule has 1 aromatic rings. The second kappa shape index (κ2) is 8.26. The Morgan fingerprint density at radius 3 is 2.68 bits per heavy atom. The minimum Gasteiger partial charge on any atom is -0.315 e. The van der Waals surface area contributed by atoms with Gasteiger partial charge >= 0.3 is 0 Å². The first kappa shape index (κ1) is 20.1. The zero-order valence-electron chi connectivity index (χ0n) is 12.0. The standard InChI is InChI=1S/C13H17BrClFN2O2S.ClH/c1-2-5-18(10-3-4-17-8-10)21(19,20)13-11(14)6-9(16)7-12(13)15;/h6-7,10,17H,2-5,8H2,1H3;1H. The molecule has 1 N–H and O–H groups in total. The maximum absolute atomic E-state index is 13.3. The van der Waals surface area contributed by atoms with Crippen molar-refractivity contribution in [3.05, 3.63) is 27.4 Å². The zero-order valence-corrected chi connectivity index (χ0v) is 16.0. The van der Waals surface area contributed by atoms with Crippen molar-refractivity contribution in [3.8, 4) is 0 Å². The summed E-state index contributed by atoms with van der Waals surface area (Å²) >= 11 is 9.09. The summed E-state index contributed by atoms with van der Waals surface area (Å²) in [7, 11) is -3.78. The highest BCUT2D eigenvalue weighted by Crippen LogP contribution is 2.34. The number of hydrogen-bond acceptors (Lipinski definition) is 3. The van der Waals surface area contributed by atoms with Crippen molar-refractivity contribution < 1.29 is 12.8 Å². The van der Waals surface area contributed by atoms with Gasteiger partial charge < -0.3 is 5.32 Å². The van der Waals surface area contributed by atoms with Crippen molar-refractivity contribution in [2.45, 2.75) is 30.7 Å². The van der Waals surface area contributed by atoms with Crippen molar-refractivity contribution in [2.24, 2.45) is 0 Å². The fourth-order valence-electron chi connectivity index (χ4n) is 2.50. The van der Waals surface area contributed by atoms with Crippen LogP contribution in [0.15, 0.2) is 21.5 Å². The summed E-state index contributed by atoms with van der Waals surface area (Å²) in [6.45, 7) is 3.75. The Kier molecular flexibility index (Phi) is 7.56. The molecule has 0 amide bonds. The van der Waals surface area contributed by atoms with Gasteiger partial charge in [0.2, 0.25) is 10.0 Å². The molecule has 2 rings (SSSR count). The number of benzene rings is 1. The molecule has 126 valence electrons. The van der Waals surface area contributed by atoms with E-state index in [1.165, 1.54) is 4.31 Å². The average Bonchev–Trinajstić information content (AvgIpc) is 2.87. The van der Waals surface area contributed by atoms with E-state index in [2.05, 4.69) is 21.2 Å². The number of sulfonamides is 1. The first-order valence-corrected chi connectivity index (χ1v) is 9.36. The maximum atomic E-state index is 13.3. The third-order valence-electron chi connectivity index (χ3n) is 3.42. The highest BCUT2D eigenvalue weighted by Gasteiger charge is 2.35. The molecule has 1 aliphatic heterocycles. The Balaban J connectivity index is 0.00000242. The molecule has 0 bridgehead atoms. The molecule has 1 fully saturated rings. The fourth-order valence-corrected chi connectivity index (χ4v) is 6.00. The third-order valence-corrected chi connectivity index (χ3v) is 6.77. The molecule has 1 atom stereocenters. The van der Waals surface area contributed by atoms with E-state index < -0.39 is 15.8 Å². The van der Waals surface area contributed by atoms with Crippen LogP contribution in [0.5, 0.6) is 0 Å². The highest BCUT2D eigenvalue weighted by atomic mass is 79.9. The molecule has 1 heterocycles. The van der Waals surface area contributed by atoms with Crippen LogP contribution in [0.25, 0.3) is 0 Å². The molecule has 1 aliphatic rings. The van der Waals surface area contributed by atoms with Gasteiger partial charge in [0.15, 0.2) is 0 Å². The van der Waals surface area contributed by atoms with E-state index in [1.54, 1.807) is 0 Å². The van der Waals surface area contributed by atoms with Gasteiger partial charge in [0.05, 0.1) is 5.02 Å². The molecule has 0 spiro atoms. The van der Waals surface area contributed by atoms with Crippen LogP contribution in [-0.2, 0) is 10.0 Å².